The van der Waals surface area contributed by atoms with Crippen molar-refractivity contribution < 1.29 is 31.1 Å². The number of nitrogens with two attached hydrogens (primary N) is 1. The smallest absolute Gasteiger partial charge is 0.370 e. The zero-order valence-electron chi connectivity index (χ0n) is 15.6. The zero-order chi connectivity index (χ0) is 21.6. The molecule has 3 atom stereocenters. The van der Waals surface area contributed by atoms with Crippen LogP contribution in [0.15, 0.2) is 18.3 Å². The van der Waals surface area contributed by atoms with Crippen molar-refractivity contribution in [3.63, 3.8) is 0 Å². The number of alkyl halides is 3. The lowest BCUT2D eigenvalue weighted by Gasteiger charge is -2.41. The van der Waals surface area contributed by atoms with E-state index in [0.717, 1.165) is 6.07 Å². The van der Waals surface area contributed by atoms with Gasteiger partial charge in [0.15, 0.2) is 11.6 Å². The normalized spacial score (nSPS) is 25.2. The number of aromatic nitrogens is 2. The van der Waals surface area contributed by atoms with E-state index in [4.69, 9.17) is 10.5 Å². The standard InChI is InChI=1S/C19H18F6N4O/c20-12-5-14(22)13(21)4-11(12)17-15(26)3-10(8-30-17)29-2-1-16-9(7-29)6-27-18(28-16)19(23,24)25/h4-6,10,15,17H,1-3,7-8,26H2/t10-,15+,17-/m1/s1. The quantitative estimate of drug-likeness (QED) is 0.584. The van der Waals surface area contributed by atoms with Gasteiger partial charge in [-0.2, -0.15) is 13.2 Å². The van der Waals surface area contributed by atoms with Crippen LogP contribution in [0, 0.1) is 17.5 Å². The van der Waals surface area contributed by atoms with Gasteiger partial charge in [-0.05, 0) is 12.5 Å². The molecule has 1 saturated heterocycles. The van der Waals surface area contributed by atoms with Gasteiger partial charge in [0.05, 0.1) is 12.3 Å². The molecule has 1 fully saturated rings. The third kappa shape index (κ3) is 4.01. The molecule has 1 aromatic heterocycles. The van der Waals surface area contributed by atoms with Crippen LogP contribution in [-0.4, -0.2) is 40.1 Å². The fourth-order valence-corrected chi connectivity index (χ4v) is 3.96. The molecule has 11 heteroatoms. The minimum atomic E-state index is -4.60. The second-order valence-corrected chi connectivity index (χ2v) is 7.48. The summed E-state index contributed by atoms with van der Waals surface area (Å²) in [6.07, 6.45) is -3.64. The maximum atomic E-state index is 14.1. The number of rotatable bonds is 2. The molecule has 162 valence electrons. The second kappa shape index (κ2) is 7.78. The van der Waals surface area contributed by atoms with Gasteiger partial charge in [0, 0.05) is 55.0 Å². The molecule has 30 heavy (non-hydrogen) atoms. The summed E-state index contributed by atoms with van der Waals surface area (Å²) in [5.74, 6) is -4.57. The summed E-state index contributed by atoms with van der Waals surface area (Å²) < 4.78 is 84.8. The van der Waals surface area contributed by atoms with Crippen molar-refractivity contribution in [1.82, 2.24) is 14.9 Å². The van der Waals surface area contributed by atoms with E-state index in [1.54, 1.807) is 0 Å². The first-order chi connectivity index (χ1) is 14.1. The molecule has 4 rings (SSSR count). The van der Waals surface area contributed by atoms with Gasteiger partial charge in [0.1, 0.15) is 11.9 Å². The highest BCUT2D eigenvalue weighted by molar-refractivity contribution is 5.25. The molecule has 2 aliphatic rings. The van der Waals surface area contributed by atoms with E-state index in [-0.39, 0.29) is 18.2 Å². The third-order valence-electron chi connectivity index (χ3n) is 5.48. The highest BCUT2D eigenvalue weighted by Crippen LogP contribution is 2.33. The summed E-state index contributed by atoms with van der Waals surface area (Å²) in [5.41, 5.74) is 6.95. The van der Waals surface area contributed by atoms with Gasteiger partial charge in [0.25, 0.3) is 0 Å². The number of hydrogen-bond acceptors (Lipinski definition) is 5. The van der Waals surface area contributed by atoms with Crippen LogP contribution in [0.5, 0.6) is 0 Å². The Bertz CT molecular complexity index is 953. The van der Waals surface area contributed by atoms with Gasteiger partial charge < -0.3 is 10.5 Å². The highest BCUT2D eigenvalue weighted by Gasteiger charge is 2.38. The Morgan fingerprint density at radius 3 is 2.53 bits per heavy atom. The van der Waals surface area contributed by atoms with E-state index in [0.29, 0.717) is 43.3 Å². The lowest BCUT2D eigenvalue weighted by Crippen LogP contribution is -2.50. The van der Waals surface area contributed by atoms with Gasteiger partial charge in [-0.3, -0.25) is 4.90 Å². The lowest BCUT2D eigenvalue weighted by molar-refractivity contribution is -0.145. The summed E-state index contributed by atoms with van der Waals surface area (Å²) in [5, 5.41) is 0. The van der Waals surface area contributed by atoms with E-state index in [9.17, 15) is 26.3 Å². The molecule has 3 heterocycles. The fraction of sp³-hybridized carbons (Fsp3) is 0.474. The summed E-state index contributed by atoms with van der Waals surface area (Å²) in [4.78, 5) is 9.03. The van der Waals surface area contributed by atoms with E-state index in [1.807, 2.05) is 4.90 Å². The summed E-state index contributed by atoms with van der Waals surface area (Å²) in [6.45, 7) is 0.943. The van der Waals surface area contributed by atoms with Crippen LogP contribution in [0.4, 0.5) is 26.3 Å². The van der Waals surface area contributed by atoms with Crippen LogP contribution in [0.25, 0.3) is 0 Å². The molecule has 0 amide bonds. The van der Waals surface area contributed by atoms with Crippen LogP contribution in [-0.2, 0) is 23.9 Å². The molecule has 0 unspecified atom stereocenters. The van der Waals surface area contributed by atoms with E-state index < -0.39 is 41.6 Å². The Kier molecular flexibility index (Phi) is 5.45. The molecule has 0 spiro atoms. The molecular formula is C19H18F6N4O. The van der Waals surface area contributed by atoms with Gasteiger partial charge in [0.2, 0.25) is 5.82 Å². The van der Waals surface area contributed by atoms with Crippen LogP contribution >= 0.6 is 0 Å². The van der Waals surface area contributed by atoms with Crippen molar-refractivity contribution in [2.75, 3.05) is 13.2 Å². The Morgan fingerprint density at radius 1 is 1.10 bits per heavy atom. The van der Waals surface area contributed by atoms with E-state index in [1.165, 1.54) is 6.20 Å². The maximum Gasteiger partial charge on any atom is 0.451 e. The lowest BCUT2D eigenvalue weighted by atomic mass is 9.92. The van der Waals surface area contributed by atoms with E-state index >= 15 is 0 Å². The molecule has 1 aromatic carbocycles. The molecule has 0 bridgehead atoms. The average molecular weight is 432 g/mol. The Morgan fingerprint density at radius 2 is 1.83 bits per heavy atom. The van der Waals surface area contributed by atoms with Crippen molar-refractivity contribution in [1.29, 1.82) is 0 Å². The van der Waals surface area contributed by atoms with Crippen molar-refractivity contribution in [3.05, 3.63) is 58.4 Å². The third-order valence-corrected chi connectivity index (χ3v) is 5.48. The van der Waals surface area contributed by atoms with Gasteiger partial charge in [-0.1, -0.05) is 0 Å². The Labute approximate surface area is 167 Å². The topological polar surface area (TPSA) is 64.3 Å². The molecule has 2 aliphatic heterocycles. The summed E-state index contributed by atoms with van der Waals surface area (Å²) >= 11 is 0. The largest absolute Gasteiger partial charge is 0.451 e. The molecule has 0 radical (unpaired) electrons. The number of benzene rings is 1. The first kappa shape index (κ1) is 21.0. The Balaban J connectivity index is 1.45. The summed E-state index contributed by atoms with van der Waals surface area (Å²) in [7, 11) is 0. The minimum Gasteiger partial charge on any atom is -0.370 e. The monoisotopic (exact) mass is 432 g/mol. The molecule has 2 N–H and O–H groups in total. The first-order valence-corrected chi connectivity index (χ1v) is 9.31. The van der Waals surface area contributed by atoms with Gasteiger partial charge in [-0.15, -0.1) is 0 Å². The molecule has 0 saturated carbocycles. The minimum absolute atomic E-state index is 0.142. The maximum absolute atomic E-state index is 14.1. The Hall–Kier alpha value is -2.24. The number of halogens is 6. The number of ether oxygens (including phenoxy) is 1. The zero-order valence-corrected chi connectivity index (χ0v) is 15.6. The first-order valence-electron chi connectivity index (χ1n) is 9.31. The number of fused-ring (bicyclic) bond motifs is 1. The fourth-order valence-electron chi connectivity index (χ4n) is 3.96. The van der Waals surface area contributed by atoms with E-state index in [2.05, 4.69) is 9.97 Å². The van der Waals surface area contributed by atoms with Gasteiger partial charge in [-0.25, -0.2) is 23.1 Å². The summed E-state index contributed by atoms with van der Waals surface area (Å²) in [6, 6.07) is 0.375. The number of nitrogens with zero attached hydrogens (tertiary/aromatic N) is 3. The average Bonchev–Trinajstić information content (AvgIpc) is 2.69. The molecule has 5 nitrogen and oxygen atoms in total. The van der Waals surface area contributed by atoms with Gasteiger partial charge >= 0.3 is 6.18 Å². The highest BCUT2D eigenvalue weighted by atomic mass is 19.4. The molecule has 0 aliphatic carbocycles. The second-order valence-electron chi connectivity index (χ2n) is 7.48. The van der Waals surface area contributed by atoms with Crippen molar-refractivity contribution >= 4 is 0 Å². The molecular weight excluding hydrogens is 414 g/mol. The van der Waals surface area contributed by atoms with Crippen LogP contribution in [0.1, 0.15) is 35.2 Å². The van der Waals surface area contributed by atoms with Crippen LogP contribution in [0.2, 0.25) is 0 Å². The van der Waals surface area contributed by atoms with Crippen molar-refractivity contribution in [3.8, 4) is 0 Å². The van der Waals surface area contributed by atoms with Crippen molar-refractivity contribution in [2.45, 2.75) is 43.8 Å². The molecule has 2 aromatic rings. The SMILES string of the molecule is N[C@H]1C[C@@H](N2CCc3nc(C(F)(F)F)ncc3C2)CO[C@@H]1c1cc(F)c(F)cc1F. The van der Waals surface area contributed by atoms with Crippen LogP contribution < -0.4 is 5.73 Å². The predicted molar refractivity (Wildman–Crippen MR) is 92.5 cm³/mol. The van der Waals surface area contributed by atoms with Crippen molar-refractivity contribution in [2.24, 2.45) is 5.73 Å². The number of hydrogen-bond donors (Lipinski definition) is 1. The van der Waals surface area contributed by atoms with Crippen LogP contribution in [0.3, 0.4) is 0 Å². The predicted octanol–water partition coefficient (Wildman–Crippen LogP) is 3.13.